The lowest BCUT2D eigenvalue weighted by Crippen LogP contribution is -2.34. The van der Waals surface area contributed by atoms with E-state index in [0.29, 0.717) is 5.02 Å². The molecule has 3 rings (SSSR count). The van der Waals surface area contributed by atoms with E-state index >= 15 is 0 Å². The molecule has 22 heavy (non-hydrogen) atoms. The van der Waals surface area contributed by atoms with E-state index < -0.39 is 6.04 Å². The summed E-state index contributed by atoms with van der Waals surface area (Å²) < 4.78 is 0. The van der Waals surface area contributed by atoms with E-state index in [1.807, 2.05) is 30.3 Å². The lowest BCUT2D eigenvalue weighted by atomic mass is 10.1. The van der Waals surface area contributed by atoms with Crippen molar-refractivity contribution in [1.82, 2.24) is 0 Å². The molecule has 1 heterocycles. The molecule has 108 valence electrons. The zero-order chi connectivity index (χ0) is 15.5. The molecule has 1 aliphatic heterocycles. The molecule has 2 aromatic rings. The summed E-state index contributed by atoms with van der Waals surface area (Å²) in [5, 5.41) is 0.594. The zero-order valence-electron chi connectivity index (χ0n) is 11.7. The van der Waals surface area contributed by atoms with Gasteiger partial charge in [0.15, 0.2) is 6.04 Å². The highest BCUT2D eigenvalue weighted by molar-refractivity contribution is 6.31. The maximum absolute atomic E-state index is 12.9. The number of hydrogen-bond acceptors (Lipinski definition) is 2. The van der Waals surface area contributed by atoms with Crippen LogP contribution in [-0.4, -0.2) is 18.7 Å². The fourth-order valence-electron chi connectivity index (χ4n) is 2.48. The molecule has 0 aromatic heterocycles. The summed E-state index contributed by atoms with van der Waals surface area (Å²) in [5.74, 6) is 2.40. The van der Waals surface area contributed by atoms with E-state index in [2.05, 4.69) is 10.9 Å². The summed E-state index contributed by atoms with van der Waals surface area (Å²) in [7, 11) is 0. The van der Waals surface area contributed by atoms with Gasteiger partial charge in [0, 0.05) is 16.8 Å². The number of fused-ring (bicyclic) bond motifs is 1. The molecule has 0 N–H and O–H groups in total. The molecule has 0 saturated heterocycles. The highest BCUT2D eigenvalue weighted by atomic mass is 35.5. The minimum absolute atomic E-state index is 0.138. The van der Waals surface area contributed by atoms with E-state index in [1.54, 1.807) is 29.3 Å². The number of anilines is 1. The first-order valence-electron chi connectivity index (χ1n) is 6.83. The Hall–Kier alpha value is -2.57. The number of carbonyl (C=O) groups excluding carboxylic acids is 1. The molecule has 0 saturated carbocycles. The van der Waals surface area contributed by atoms with E-state index in [9.17, 15) is 4.79 Å². The van der Waals surface area contributed by atoms with Crippen LogP contribution in [0.1, 0.15) is 17.2 Å². The van der Waals surface area contributed by atoms with Gasteiger partial charge >= 0.3 is 0 Å². The highest BCUT2D eigenvalue weighted by Crippen LogP contribution is 2.30. The number of hydrogen-bond donors (Lipinski definition) is 0. The van der Waals surface area contributed by atoms with E-state index in [0.717, 1.165) is 16.8 Å². The molecule has 0 spiro atoms. The van der Waals surface area contributed by atoms with Gasteiger partial charge in [0.1, 0.15) is 0 Å². The molecule has 4 heteroatoms. The van der Waals surface area contributed by atoms with Crippen LogP contribution in [0, 0.1) is 12.3 Å². The predicted octanol–water partition coefficient (Wildman–Crippen LogP) is 3.48. The molecule has 2 aromatic carbocycles. The number of carbonyl (C=O) groups is 1. The molecule has 1 amide bonds. The second-order valence-electron chi connectivity index (χ2n) is 4.92. The summed E-state index contributed by atoms with van der Waals surface area (Å²) in [4.78, 5) is 18.9. The van der Waals surface area contributed by atoms with Gasteiger partial charge in [0.25, 0.3) is 5.91 Å². The number of nitrogens with zero attached hydrogens (tertiary/aromatic N) is 2. The standard InChI is InChI=1S/C18H13ClN2O/c1-2-10-21-16-9-8-15(19)11-14(16)12-20-17(18(21)22)13-6-4-3-5-7-13/h1,3-9,11-12,17H,10H2. The Morgan fingerprint density at radius 1 is 1.23 bits per heavy atom. The Balaban J connectivity index is 2.11. The van der Waals surface area contributed by atoms with Crippen LogP contribution in [0.5, 0.6) is 0 Å². The van der Waals surface area contributed by atoms with Gasteiger partial charge in [-0.15, -0.1) is 6.42 Å². The maximum atomic E-state index is 12.9. The minimum atomic E-state index is -0.597. The van der Waals surface area contributed by atoms with Crippen molar-refractivity contribution in [2.75, 3.05) is 11.4 Å². The predicted molar refractivity (Wildman–Crippen MR) is 89.4 cm³/mol. The summed E-state index contributed by atoms with van der Waals surface area (Å²) >= 11 is 6.04. The minimum Gasteiger partial charge on any atom is -0.298 e. The molecule has 1 unspecified atom stereocenters. The first kappa shape index (κ1) is 14.4. The summed E-state index contributed by atoms with van der Waals surface area (Å²) in [6.45, 7) is 0.195. The van der Waals surface area contributed by atoms with Crippen LogP contribution in [0.4, 0.5) is 5.69 Å². The van der Waals surface area contributed by atoms with Gasteiger partial charge in [-0.05, 0) is 23.8 Å². The molecule has 0 fully saturated rings. The van der Waals surface area contributed by atoms with E-state index in [-0.39, 0.29) is 12.5 Å². The molecule has 1 atom stereocenters. The van der Waals surface area contributed by atoms with Crippen molar-refractivity contribution >= 4 is 29.4 Å². The lowest BCUT2D eigenvalue weighted by Gasteiger charge is -2.23. The van der Waals surface area contributed by atoms with Crippen LogP contribution in [-0.2, 0) is 4.79 Å². The van der Waals surface area contributed by atoms with E-state index in [4.69, 9.17) is 18.0 Å². The molecule has 0 radical (unpaired) electrons. The van der Waals surface area contributed by atoms with Crippen LogP contribution >= 0.6 is 11.6 Å². The maximum Gasteiger partial charge on any atom is 0.257 e. The third kappa shape index (κ3) is 2.61. The third-order valence-electron chi connectivity index (χ3n) is 3.51. The molecular weight excluding hydrogens is 296 g/mol. The Labute approximate surface area is 134 Å². The van der Waals surface area contributed by atoms with Gasteiger partial charge in [-0.1, -0.05) is 47.9 Å². The Morgan fingerprint density at radius 3 is 2.73 bits per heavy atom. The van der Waals surface area contributed by atoms with Crippen molar-refractivity contribution in [2.45, 2.75) is 6.04 Å². The average Bonchev–Trinajstić information content (AvgIpc) is 2.66. The van der Waals surface area contributed by atoms with Crippen LogP contribution in [0.15, 0.2) is 53.5 Å². The van der Waals surface area contributed by atoms with Crippen LogP contribution in [0.3, 0.4) is 0 Å². The SMILES string of the molecule is C#CCN1C(=O)C(c2ccccc2)N=Cc2cc(Cl)ccc21. The largest absolute Gasteiger partial charge is 0.298 e. The molecule has 0 aliphatic carbocycles. The summed E-state index contributed by atoms with van der Waals surface area (Å²) in [5.41, 5.74) is 2.36. The van der Waals surface area contributed by atoms with Gasteiger partial charge in [-0.2, -0.15) is 0 Å². The lowest BCUT2D eigenvalue weighted by molar-refractivity contribution is -0.119. The Kier molecular flexibility index (Phi) is 3.95. The number of halogens is 1. The van der Waals surface area contributed by atoms with Crippen molar-refractivity contribution in [1.29, 1.82) is 0 Å². The van der Waals surface area contributed by atoms with Crippen molar-refractivity contribution in [3.8, 4) is 12.3 Å². The van der Waals surface area contributed by atoms with Crippen molar-refractivity contribution in [3.05, 3.63) is 64.7 Å². The Morgan fingerprint density at radius 2 is 2.00 bits per heavy atom. The number of benzodiazepines with no additional fused rings is 1. The number of amides is 1. The highest BCUT2D eigenvalue weighted by Gasteiger charge is 2.29. The van der Waals surface area contributed by atoms with Crippen LogP contribution < -0.4 is 4.90 Å². The quantitative estimate of drug-likeness (QED) is 0.782. The number of terminal acetylenes is 1. The van der Waals surface area contributed by atoms with Crippen molar-refractivity contribution < 1.29 is 4.79 Å². The van der Waals surface area contributed by atoms with Gasteiger partial charge in [-0.3, -0.25) is 14.7 Å². The topological polar surface area (TPSA) is 32.7 Å². The van der Waals surface area contributed by atoms with Gasteiger partial charge in [-0.25, -0.2) is 0 Å². The van der Waals surface area contributed by atoms with Gasteiger partial charge in [0.2, 0.25) is 0 Å². The molecule has 0 bridgehead atoms. The van der Waals surface area contributed by atoms with Crippen molar-refractivity contribution in [3.63, 3.8) is 0 Å². The van der Waals surface area contributed by atoms with Crippen molar-refractivity contribution in [2.24, 2.45) is 4.99 Å². The first-order chi connectivity index (χ1) is 10.7. The fourth-order valence-corrected chi connectivity index (χ4v) is 2.66. The summed E-state index contributed by atoms with van der Waals surface area (Å²) in [6, 6.07) is 14.2. The third-order valence-corrected chi connectivity index (χ3v) is 3.74. The Bertz CT molecular complexity index is 777. The monoisotopic (exact) mass is 308 g/mol. The normalized spacial score (nSPS) is 16.8. The number of rotatable bonds is 2. The van der Waals surface area contributed by atoms with E-state index in [1.165, 1.54) is 0 Å². The van der Waals surface area contributed by atoms with Gasteiger partial charge < -0.3 is 0 Å². The number of aliphatic imine (C=N–C) groups is 1. The fraction of sp³-hybridized carbons (Fsp3) is 0.111. The van der Waals surface area contributed by atoms with Crippen LogP contribution in [0.25, 0.3) is 0 Å². The molecule has 3 nitrogen and oxygen atoms in total. The smallest absolute Gasteiger partial charge is 0.257 e. The molecule has 1 aliphatic rings. The van der Waals surface area contributed by atoms with Crippen LogP contribution in [0.2, 0.25) is 5.02 Å². The number of benzene rings is 2. The zero-order valence-corrected chi connectivity index (χ0v) is 12.5. The second kappa shape index (κ2) is 6.05. The second-order valence-corrected chi connectivity index (χ2v) is 5.36. The molecular formula is C18H13ClN2O. The van der Waals surface area contributed by atoms with Gasteiger partial charge in [0.05, 0.1) is 12.2 Å². The first-order valence-corrected chi connectivity index (χ1v) is 7.21. The average molecular weight is 309 g/mol. The summed E-state index contributed by atoms with van der Waals surface area (Å²) in [6.07, 6.45) is 7.12.